The monoisotopic (exact) mass is 348 g/mol. The Bertz CT molecular complexity index is 814. The van der Waals surface area contributed by atoms with E-state index in [0.29, 0.717) is 23.0 Å². The van der Waals surface area contributed by atoms with E-state index in [0.717, 1.165) is 29.8 Å². The van der Waals surface area contributed by atoms with Crippen LogP contribution in [0.25, 0.3) is 11.0 Å². The maximum absolute atomic E-state index is 12.2. The van der Waals surface area contributed by atoms with Crippen LogP contribution in [0.3, 0.4) is 0 Å². The molecule has 128 valence electrons. The molecule has 0 radical (unpaired) electrons. The zero-order chi connectivity index (χ0) is 17.2. The van der Waals surface area contributed by atoms with Gasteiger partial charge in [0.05, 0.1) is 5.52 Å². The smallest absolute Gasteiger partial charge is 0.410 e. The lowest BCUT2D eigenvalue weighted by Crippen LogP contribution is -2.37. The molecule has 1 amide bonds. The maximum atomic E-state index is 12.2. The Labute approximate surface area is 145 Å². The fourth-order valence-electron chi connectivity index (χ4n) is 3.87. The largest absolute Gasteiger partial charge is 0.444 e. The number of carbonyl (C=O) groups is 1. The topological polar surface area (TPSA) is 60.2 Å². The summed E-state index contributed by atoms with van der Waals surface area (Å²) in [6.07, 6.45) is -0.212. The Kier molecular flexibility index (Phi) is 3.33. The minimum Gasteiger partial charge on any atom is -0.444 e. The van der Waals surface area contributed by atoms with Crippen molar-refractivity contribution in [3.05, 3.63) is 23.0 Å². The number of fused-ring (bicyclic) bond motifs is 2. The third-order valence-corrected chi connectivity index (χ3v) is 5.04. The molecule has 1 aliphatic heterocycles. The highest BCUT2D eigenvalue weighted by atomic mass is 35.5. The van der Waals surface area contributed by atoms with Crippen LogP contribution in [-0.4, -0.2) is 44.4 Å². The number of likely N-dealkylation sites (tertiary alicyclic amines) is 1. The van der Waals surface area contributed by atoms with Gasteiger partial charge in [0, 0.05) is 42.7 Å². The molecule has 3 atom stereocenters. The SMILES string of the molecule is Cc1cc2nnc(Cl)cc2n1[C@H]1[C@@H]2CN(C(=O)OC(C)(C)C)C[C@@H]21. The average Bonchev–Trinajstić information content (AvgIpc) is 2.82. The van der Waals surface area contributed by atoms with E-state index < -0.39 is 5.60 Å². The molecule has 2 aromatic rings. The molecule has 0 spiro atoms. The van der Waals surface area contributed by atoms with Gasteiger partial charge in [-0.15, -0.1) is 10.2 Å². The van der Waals surface area contributed by atoms with E-state index in [4.69, 9.17) is 16.3 Å². The average molecular weight is 349 g/mol. The van der Waals surface area contributed by atoms with Crippen molar-refractivity contribution in [2.45, 2.75) is 39.3 Å². The van der Waals surface area contributed by atoms with Gasteiger partial charge in [-0.25, -0.2) is 4.79 Å². The molecule has 0 bridgehead atoms. The Hall–Kier alpha value is -1.82. The summed E-state index contributed by atoms with van der Waals surface area (Å²) in [7, 11) is 0. The normalized spacial score (nSPS) is 25.9. The van der Waals surface area contributed by atoms with E-state index in [1.54, 1.807) is 0 Å². The Morgan fingerprint density at radius 2 is 1.92 bits per heavy atom. The highest BCUT2D eigenvalue weighted by Gasteiger charge is 2.58. The number of halogens is 1. The van der Waals surface area contributed by atoms with Gasteiger partial charge in [-0.1, -0.05) is 11.6 Å². The van der Waals surface area contributed by atoms with Gasteiger partial charge < -0.3 is 14.2 Å². The summed E-state index contributed by atoms with van der Waals surface area (Å²) in [6, 6.07) is 4.32. The molecule has 0 unspecified atom stereocenters. The second-order valence-corrected chi connectivity index (χ2v) is 8.18. The standard InChI is InChI=1S/C17H21ClN4O2/c1-9-5-12-13(6-14(18)20-19-12)22(9)15-10-7-21(8-11(10)15)16(23)24-17(2,3)4/h5-6,10-11,15H,7-8H2,1-4H3/t10-,11+,15+. The van der Waals surface area contributed by atoms with Crippen LogP contribution in [0, 0.1) is 18.8 Å². The second-order valence-electron chi connectivity index (χ2n) is 7.80. The molecule has 0 aromatic carbocycles. The lowest BCUT2D eigenvalue weighted by molar-refractivity contribution is 0.0267. The first-order valence-electron chi connectivity index (χ1n) is 8.23. The molecular formula is C17H21ClN4O2. The van der Waals surface area contributed by atoms with Gasteiger partial charge in [-0.05, 0) is 33.8 Å². The fraction of sp³-hybridized carbons (Fsp3) is 0.588. The van der Waals surface area contributed by atoms with E-state index in [9.17, 15) is 4.79 Å². The van der Waals surface area contributed by atoms with Crippen molar-refractivity contribution in [2.24, 2.45) is 11.8 Å². The van der Waals surface area contributed by atoms with Crippen LogP contribution in [0.5, 0.6) is 0 Å². The number of hydrogen-bond donors (Lipinski definition) is 0. The molecule has 4 rings (SSSR count). The molecule has 1 saturated carbocycles. The quantitative estimate of drug-likeness (QED) is 0.792. The fourth-order valence-corrected chi connectivity index (χ4v) is 4.01. The molecule has 2 fully saturated rings. The minimum absolute atomic E-state index is 0.212. The van der Waals surface area contributed by atoms with Crippen molar-refractivity contribution < 1.29 is 9.53 Å². The van der Waals surface area contributed by atoms with Gasteiger partial charge in [0.2, 0.25) is 0 Å². The summed E-state index contributed by atoms with van der Waals surface area (Å²) in [4.78, 5) is 14.0. The summed E-state index contributed by atoms with van der Waals surface area (Å²) in [5.41, 5.74) is 2.60. The third kappa shape index (κ3) is 2.53. The van der Waals surface area contributed by atoms with E-state index >= 15 is 0 Å². The van der Waals surface area contributed by atoms with Gasteiger partial charge in [0.15, 0.2) is 5.15 Å². The highest BCUT2D eigenvalue weighted by Crippen LogP contribution is 2.56. The number of aromatic nitrogens is 3. The van der Waals surface area contributed by atoms with Gasteiger partial charge in [0.25, 0.3) is 0 Å². The lowest BCUT2D eigenvalue weighted by Gasteiger charge is -2.26. The van der Waals surface area contributed by atoms with Gasteiger partial charge in [0.1, 0.15) is 11.1 Å². The van der Waals surface area contributed by atoms with Crippen LogP contribution >= 0.6 is 11.6 Å². The number of ether oxygens (including phenoxy) is 1. The van der Waals surface area contributed by atoms with E-state index in [2.05, 4.69) is 21.7 Å². The van der Waals surface area contributed by atoms with Crippen LogP contribution in [0.2, 0.25) is 5.15 Å². The second kappa shape index (κ2) is 5.09. The molecule has 1 saturated heterocycles. The molecule has 7 heteroatoms. The van der Waals surface area contributed by atoms with E-state index in [-0.39, 0.29) is 6.09 Å². The summed E-state index contributed by atoms with van der Waals surface area (Å²) in [6.45, 7) is 9.25. The maximum Gasteiger partial charge on any atom is 0.410 e. The summed E-state index contributed by atoms with van der Waals surface area (Å²) in [5, 5.41) is 8.48. The van der Waals surface area contributed by atoms with Crippen molar-refractivity contribution in [2.75, 3.05) is 13.1 Å². The molecule has 1 aliphatic carbocycles. The predicted octanol–water partition coefficient (Wildman–Crippen LogP) is 3.43. The van der Waals surface area contributed by atoms with Crippen molar-refractivity contribution in [1.82, 2.24) is 19.7 Å². The van der Waals surface area contributed by atoms with E-state index in [1.807, 2.05) is 37.8 Å². The number of nitrogens with zero attached hydrogens (tertiary/aromatic N) is 4. The Morgan fingerprint density at radius 3 is 2.54 bits per heavy atom. The number of amides is 1. The van der Waals surface area contributed by atoms with Crippen LogP contribution in [0.1, 0.15) is 32.5 Å². The minimum atomic E-state index is -0.452. The summed E-state index contributed by atoms with van der Waals surface area (Å²) < 4.78 is 7.77. The highest BCUT2D eigenvalue weighted by molar-refractivity contribution is 6.29. The van der Waals surface area contributed by atoms with E-state index in [1.165, 1.54) is 0 Å². The van der Waals surface area contributed by atoms with Gasteiger partial charge >= 0.3 is 6.09 Å². The third-order valence-electron chi connectivity index (χ3n) is 4.86. The van der Waals surface area contributed by atoms with Crippen LogP contribution < -0.4 is 0 Å². The van der Waals surface area contributed by atoms with Gasteiger partial charge in [-0.2, -0.15) is 0 Å². The molecule has 2 aliphatic rings. The number of piperidine rings is 1. The molecule has 24 heavy (non-hydrogen) atoms. The van der Waals surface area contributed by atoms with Crippen LogP contribution in [0.15, 0.2) is 12.1 Å². The zero-order valence-electron chi connectivity index (χ0n) is 14.3. The van der Waals surface area contributed by atoms with Crippen LogP contribution in [-0.2, 0) is 4.74 Å². The lowest BCUT2D eigenvalue weighted by atomic mass is 10.2. The van der Waals surface area contributed by atoms with Gasteiger partial charge in [-0.3, -0.25) is 0 Å². The Balaban J connectivity index is 1.52. The zero-order valence-corrected chi connectivity index (χ0v) is 15.0. The van der Waals surface area contributed by atoms with Crippen molar-refractivity contribution in [3.8, 4) is 0 Å². The summed E-state index contributed by atoms with van der Waals surface area (Å²) in [5.74, 6) is 0.942. The molecule has 3 heterocycles. The van der Waals surface area contributed by atoms with Crippen LogP contribution in [0.4, 0.5) is 4.79 Å². The van der Waals surface area contributed by atoms with Crippen molar-refractivity contribution >= 4 is 28.7 Å². The van der Waals surface area contributed by atoms with Crippen molar-refractivity contribution in [1.29, 1.82) is 0 Å². The number of rotatable bonds is 1. The Morgan fingerprint density at radius 1 is 1.25 bits per heavy atom. The molecule has 6 nitrogen and oxygen atoms in total. The number of hydrogen-bond acceptors (Lipinski definition) is 4. The predicted molar refractivity (Wildman–Crippen MR) is 91.1 cm³/mol. The van der Waals surface area contributed by atoms with Crippen molar-refractivity contribution in [3.63, 3.8) is 0 Å². The first-order chi connectivity index (χ1) is 11.2. The number of carbonyl (C=O) groups excluding carboxylic acids is 1. The first-order valence-corrected chi connectivity index (χ1v) is 8.61. The first kappa shape index (κ1) is 15.7. The molecule has 0 N–H and O–H groups in total. The summed E-state index contributed by atoms with van der Waals surface area (Å²) >= 11 is 6.02. The number of aryl methyl sites for hydroxylation is 1. The molecular weight excluding hydrogens is 328 g/mol. The molecule has 2 aromatic heterocycles.